The van der Waals surface area contributed by atoms with E-state index in [0.29, 0.717) is 44.6 Å². The summed E-state index contributed by atoms with van der Waals surface area (Å²) >= 11 is 9.58. The normalized spacial score (nSPS) is 10.8. The number of rotatable bonds is 7. The molecule has 2 rings (SSSR count). The van der Waals surface area contributed by atoms with E-state index in [0.717, 1.165) is 0 Å². The first-order chi connectivity index (χ1) is 13.8. The van der Waals surface area contributed by atoms with Gasteiger partial charge in [-0.05, 0) is 57.8 Å². The molecule has 8 heteroatoms. The second-order valence-electron chi connectivity index (χ2n) is 6.50. The quantitative estimate of drug-likeness (QED) is 0.447. The number of hydrazine groups is 1. The Morgan fingerprint density at radius 3 is 2.59 bits per heavy atom. The molecule has 2 amide bonds. The van der Waals surface area contributed by atoms with E-state index in [1.165, 1.54) is 13.2 Å². The predicted molar refractivity (Wildman–Crippen MR) is 117 cm³/mol. The molecule has 0 saturated heterocycles. The Morgan fingerprint density at radius 1 is 1.21 bits per heavy atom. The Kier molecular flexibility index (Phi) is 8.54. The highest BCUT2D eigenvalue weighted by Crippen LogP contribution is 2.37. The van der Waals surface area contributed by atoms with Gasteiger partial charge in [0.2, 0.25) is 0 Å². The van der Waals surface area contributed by atoms with Crippen molar-refractivity contribution in [2.75, 3.05) is 13.7 Å². The van der Waals surface area contributed by atoms with Gasteiger partial charge in [0.05, 0.1) is 24.3 Å². The summed E-state index contributed by atoms with van der Waals surface area (Å²) in [5.41, 5.74) is 5.74. The Morgan fingerprint density at radius 2 is 1.93 bits per heavy atom. The molecule has 0 radical (unpaired) electrons. The Labute approximate surface area is 183 Å². The Balaban J connectivity index is 2.01. The molecule has 0 fully saturated rings. The number of ether oxygens (including phenoxy) is 2. The van der Waals surface area contributed by atoms with Crippen molar-refractivity contribution in [3.05, 3.63) is 63.1 Å². The van der Waals surface area contributed by atoms with Crippen LogP contribution in [-0.2, 0) is 4.79 Å². The second-order valence-corrected chi connectivity index (χ2v) is 7.76. The third-order valence-corrected chi connectivity index (χ3v) is 4.63. The van der Waals surface area contributed by atoms with Crippen LogP contribution < -0.4 is 20.3 Å². The van der Waals surface area contributed by atoms with Crippen LogP contribution in [0.4, 0.5) is 0 Å². The van der Waals surface area contributed by atoms with Crippen LogP contribution in [0.25, 0.3) is 6.08 Å². The van der Waals surface area contributed by atoms with Gasteiger partial charge in [-0.1, -0.05) is 37.6 Å². The minimum absolute atomic E-state index is 0.339. The summed E-state index contributed by atoms with van der Waals surface area (Å²) in [6, 6.07) is 10.3. The van der Waals surface area contributed by atoms with Gasteiger partial charge in [0.15, 0.2) is 11.5 Å². The van der Waals surface area contributed by atoms with Crippen molar-refractivity contribution in [3.8, 4) is 11.5 Å². The molecule has 0 aliphatic carbocycles. The molecular formula is C21H22BrClN2O4. The lowest BCUT2D eigenvalue weighted by Crippen LogP contribution is -2.40. The standard InChI is InChI=1S/C21H22BrClN2O4/c1-13(2)12-29-20-17(23)10-14(11-18(20)28-3)8-9-19(26)24-25-21(27)15-6-4-5-7-16(15)22/h4-11,13H,12H2,1-3H3,(H,24,26)(H,25,27)/b9-8+. The maximum atomic E-state index is 12.1. The topological polar surface area (TPSA) is 76.7 Å². The molecule has 0 atom stereocenters. The van der Waals surface area contributed by atoms with Crippen LogP contribution in [0.1, 0.15) is 29.8 Å². The Bertz CT molecular complexity index is 916. The van der Waals surface area contributed by atoms with Crippen molar-refractivity contribution in [2.45, 2.75) is 13.8 Å². The number of methoxy groups -OCH3 is 1. The van der Waals surface area contributed by atoms with Crippen LogP contribution in [-0.4, -0.2) is 25.5 Å². The van der Waals surface area contributed by atoms with Crippen LogP contribution >= 0.6 is 27.5 Å². The van der Waals surface area contributed by atoms with Crippen LogP contribution in [0.5, 0.6) is 11.5 Å². The summed E-state index contributed by atoms with van der Waals surface area (Å²) in [5, 5.41) is 0.382. The van der Waals surface area contributed by atoms with E-state index >= 15 is 0 Å². The second kappa shape index (κ2) is 10.9. The van der Waals surface area contributed by atoms with Crippen LogP contribution in [0.3, 0.4) is 0 Å². The molecule has 0 aromatic heterocycles. The van der Waals surface area contributed by atoms with Crippen molar-refractivity contribution < 1.29 is 19.1 Å². The molecule has 0 bridgehead atoms. The third-order valence-electron chi connectivity index (χ3n) is 3.66. The lowest BCUT2D eigenvalue weighted by atomic mass is 10.1. The number of nitrogens with one attached hydrogen (secondary N) is 2. The van der Waals surface area contributed by atoms with Crippen molar-refractivity contribution >= 4 is 45.4 Å². The maximum absolute atomic E-state index is 12.1. The molecule has 0 aliphatic rings. The van der Waals surface area contributed by atoms with Crippen molar-refractivity contribution in [1.29, 1.82) is 0 Å². The summed E-state index contributed by atoms with van der Waals surface area (Å²) in [6.45, 7) is 4.57. The van der Waals surface area contributed by atoms with Gasteiger partial charge in [-0.25, -0.2) is 0 Å². The minimum atomic E-state index is -0.499. The summed E-state index contributed by atoms with van der Waals surface area (Å²) < 4.78 is 11.7. The first kappa shape index (κ1) is 22.8. The molecule has 0 spiro atoms. The van der Waals surface area contributed by atoms with Crippen LogP contribution in [0.15, 0.2) is 46.9 Å². The molecule has 0 saturated carbocycles. The lowest BCUT2D eigenvalue weighted by molar-refractivity contribution is -0.117. The molecular weight excluding hydrogens is 460 g/mol. The average molecular weight is 482 g/mol. The zero-order valence-electron chi connectivity index (χ0n) is 16.3. The number of carbonyl (C=O) groups excluding carboxylic acids is 2. The van der Waals surface area contributed by atoms with E-state index in [4.69, 9.17) is 21.1 Å². The summed E-state index contributed by atoms with van der Waals surface area (Å²) in [4.78, 5) is 24.1. The van der Waals surface area contributed by atoms with E-state index in [2.05, 4.69) is 26.8 Å². The van der Waals surface area contributed by atoms with Gasteiger partial charge >= 0.3 is 0 Å². The number of benzene rings is 2. The molecule has 2 aromatic carbocycles. The number of hydrogen-bond acceptors (Lipinski definition) is 4. The molecule has 154 valence electrons. The largest absolute Gasteiger partial charge is 0.493 e. The first-order valence-electron chi connectivity index (χ1n) is 8.85. The van der Waals surface area contributed by atoms with Crippen LogP contribution in [0, 0.1) is 5.92 Å². The van der Waals surface area contributed by atoms with Crippen molar-refractivity contribution in [2.24, 2.45) is 5.92 Å². The first-order valence-corrected chi connectivity index (χ1v) is 10.0. The highest BCUT2D eigenvalue weighted by Gasteiger charge is 2.13. The van der Waals surface area contributed by atoms with Gasteiger partial charge in [0.1, 0.15) is 0 Å². The fourth-order valence-electron chi connectivity index (χ4n) is 2.27. The van der Waals surface area contributed by atoms with Gasteiger partial charge < -0.3 is 9.47 Å². The molecule has 0 aliphatic heterocycles. The lowest BCUT2D eigenvalue weighted by Gasteiger charge is -2.14. The predicted octanol–water partition coefficient (Wildman–Crippen LogP) is 4.62. The number of halogens is 2. The van der Waals surface area contributed by atoms with Gasteiger partial charge in [-0.2, -0.15) is 0 Å². The monoisotopic (exact) mass is 480 g/mol. The fourth-order valence-corrected chi connectivity index (χ4v) is 3.01. The van der Waals surface area contributed by atoms with Gasteiger partial charge in [-0.15, -0.1) is 0 Å². The number of carbonyl (C=O) groups is 2. The summed E-state index contributed by atoms with van der Waals surface area (Å²) in [5.74, 6) is 0.340. The zero-order chi connectivity index (χ0) is 21.4. The Hall–Kier alpha value is -2.51. The summed E-state index contributed by atoms with van der Waals surface area (Å²) in [6.07, 6.45) is 2.83. The van der Waals surface area contributed by atoms with E-state index < -0.39 is 11.8 Å². The number of amides is 2. The van der Waals surface area contributed by atoms with Crippen LogP contribution in [0.2, 0.25) is 5.02 Å². The summed E-state index contributed by atoms with van der Waals surface area (Å²) in [7, 11) is 1.52. The average Bonchev–Trinajstić information content (AvgIpc) is 2.69. The van der Waals surface area contributed by atoms with Crippen molar-refractivity contribution in [3.63, 3.8) is 0 Å². The smallest absolute Gasteiger partial charge is 0.270 e. The molecule has 29 heavy (non-hydrogen) atoms. The molecule has 2 aromatic rings. The van der Waals surface area contributed by atoms with Gasteiger partial charge in [0.25, 0.3) is 11.8 Å². The van der Waals surface area contributed by atoms with E-state index in [1.54, 1.807) is 42.5 Å². The minimum Gasteiger partial charge on any atom is -0.493 e. The molecule has 0 unspecified atom stereocenters. The fraction of sp³-hybridized carbons (Fsp3) is 0.238. The molecule has 6 nitrogen and oxygen atoms in total. The highest BCUT2D eigenvalue weighted by molar-refractivity contribution is 9.10. The van der Waals surface area contributed by atoms with E-state index in [9.17, 15) is 9.59 Å². The van der Waals surface area contributed by atoms with Crippen molar-refractivity contribution in [1.82, 2.24) is 10.9 Å². The van der Waals surface area contributed by atoms with Gasteiger partial charge in [0, 0.05) is 10.5 Å². The third kappa shape index (κ3) is 6.80. The van der Waals surface area contributed by atoms with E-state index in [1.807, 2.05) is 13.8 Å². The highest BCUT2D eigenvalue weighted by atomic mass is 79.9. The maximum Gasteiger partial charge on any atom is 0.270 e. The van der Waals surface area contributed by atoms with Gasteiger partial charge in [-0.3, -0.25) is 20.4 Å². The SMILES string of the molecule is COc1cc(/C=C/C(=O)NNC(=O)c2ccccc2Br)cc(Cl)c1OCC(C)C. The number of hydrogen-bond donors (Lipinski definition) is 2. The molecule has 0 heterocycles. The van der Waals surface area contributed by atoms with E-state index in [-0.39, 0.29) is 0 Å². The molecule has 2 N–H and O–H groups in total. The zero-order valence-corrected chi connectivity index (χ0v) is 18.6.